The van der Waals surface area contributed by atoms with Gasteiger partial charge in [-0.25, -0.2) is 0 Å². The Morgan fingerprint density at radius 3 is 1.00 bits per heavy atom. The largest absolute Gasteiger partial charge is 0.172 e. The van der Waals surface area contributed by atoms with E-state index in [9.17, 15) is 0 Å². The molecule has 98 valence electrons. The highest BCUT2D eigenvalue weighted by Gasteiger charge is 2.49. The smallest absolute Gasteiger partial charge is 0.0214 e. The van der Waals surface area contributed by atoms with Gasteiger partial charge in [0, 0.05) is 4.75 Å². The summed E-state index contributed by atoms with van der Waals surface area (Å²) < 4.78 is 0.434. The van der Waals surface area contributed by atoms with Gasteiger partial charge in [-0.15, -0.1) is 0 Å². The third-order valence-electron chi connectivity index (χ3n) is 6.03. The van der Waals surface area contributed by atoms with Crippen LogP contribution in [0.3, 0.4) is 0 Å². The molecule has 0 heterocycles. The van der Waals surface area contributed by atoms with Crippen molar-refractivity contribution in [2.24, 2.45) is 17.8 Å². The van der Waals surface area contributed by atoms with Crippen molar-refractivity contribution in [2.45, 2.75) is 81.8 Å². The molecular weight excluding hydrogens is 224 g/mol. The normalized spacial score (nSPS) is 29.5. The highest BCUT2D eigenvalue weighted by Crippen LogP contribution is 2.55. The van der Waals surface area contributed by atoms with E-state index in [-0.39, 0.29) is 0 Å². The summed E-state index contributed by atoms with van der Waals surface area (Å²) in [6.07, 6.45) is 17.8. The maximum atomic E-state index is 5.40. The average Bonchev–Trinajstić information content (AvgIpc) is 3.10. The highest BCUT2D eigenvalue weighted by molar-refractivity contribution is 7.81. The third kappa shape index (κ3) is 2.17. The molecule has 1 heteroatoms. The van der Waals surface area contributed by atoms with Crippen LogP contribution >= 0.6 is 12.6 Å². The predicted molar refractivity (Wildman–Crippen MR) is 77.6 cm³/mol. The summed E-state index contributed by atoms with van der Waals surface area (Å²) in [7, 11) is 0. The Balaban J connectivity index is 1.81. The summed E-state index contributed by atoms with van der Waals surface area (Å²) in [6.45, 7) is 0. The molecule has 0 amide bonds. The SMILES string of the molecule is SC(C1CCCC1)(C1CCCC1)C1CCCC1. The topological polar surface area (TPSA) is 0 Å². The molecule has 17 heavy (non-hydrogen) atoms. The number of hydrogen-bond acceptors (Lipinski definition) is 1. The van der Waals surface area contributed by atoms with E-state index in [0.29, 0.717) is 4.75 Å². The fourth-order valence-electron chi connectivity index (χ4n) is 5.16. The minimum atomic E-state index is 0.434. The van der Waals surface area contributed by atoms with Gasteiger partial charge < -0.3 is 0 Å². The van der Waals surface area contributed by atoms with Crippen LogP contribution in [0.15, 0.2) is 0 Å². The van der Waals surface area contributed by atoms with Gasteiger partial charge in [0.1, 0.15) is 0 Å². The minimum absolute atomic E-state index is 0.434. The molecule has 0 aromatic carbocycles. The van der Waals surface area contributed by atoms with E-state index < -0.39 is 0 Å². The average molecular weight is 252 g/mol. The zero-order chi connectivity index (χ0) is 11.7. The molecule has 0 aromatic rings. The van der Waals surface area contributed by atoms with Gasteiger partial charge in [0.25, 0.3) is 0 Å². The van der Waals surface area contributed by atoms with Crippen LogP contribution in [0, 0.1) is 17.8 Å². The molecule has 0 radical (unpaired) electrons. The van der Waals surface area contributed by atoms with Crippen LogP contribution in [-0.2, 0) is 0 Å². The van der Waals surface area contributed by atoms with E-state index in [2.05, 4.69) is 0 Å². The lowest BCUT2D eigenvalue weighted by Gasteiger charge is -2.45. The van der Waals surface area contributed by atoms with E-state index in [4.69, 9.17) is 12.6 Å². The highest BCUT2D eigenvalue weighted by atomic mass is 32.1. The van der Waals surface area contributed by atoms with Gasteiger partial charge in [0.05, 0.1) is 0 Å². The Hall–Kier alpha value is 0.350. The standard InChI is InChI=1S/C16H28S/c17-16(13-7-1-2-8-13,14-9-3-4-10-14)15-11-5-6-12-15/h13-15,17H,1-12H2. The van der Waals surface area contributed by atoms with Crippen LogP contribution in [-0.4, -0.2) is 4.75 Å². The molecule has 0 aromatic heterocycles. The van der Waals surface area contributed by atoms with Gasteiger partial charge in [-0.2, -0.15) is 12.6 Å². The first-order chi connectivity index (χ1) is 8.32. The lowest BCUT2D eigenvalue weighted by molar-refractivity contribution is 0.192. The first-order valence-corrected chi connectivity index (χ1v) is 8.49. The number of rotatable bonds is 3. The third-order valence-corrected chi connectivity index (χ3v) is 7.12. The van der Waals surface area contributed by atoms with Crippen LogP contribution in [0.2, 0.25) is 0 Å². The van der Waals surface area contributed by atoms with Gasteiger partial charge in [0.15, 0.2) is 0 Å². The van der Waals surface area contributed by atoms with E-state index >= 15 is 0 Å². The molecule has 3 fully saturated rings. The van der Waals surface area contributed by atoms with E-state index in [1.54, 1.807) is 0 Å². The van der Waals surface area contributed by atoms with E-state index in [0.717, 1.165) is 17.8 Å². The van der Waals surface area contributed by atoms with Gasteiger partial charge in [-0.3, -0.25) is 0 Å². The molecule has 0 bridgehead atoms. The lowest BCUT2D eigenvalue weighted by atomic mass is 9.70. The summed E-state index contributed by atoms with van der Waals surface area (Å²) in [5, 5.41) is 0. The van der Waals surface area contributed by atoms with Crippen LogP contribution in [0.5, 0.6) is 0 Å². The van der Waals surface area contributed by atoms with Crippen molar-refractivity contribution in [3.05, 3.63) is 0 Å². The summed E-state index contributed by atoms with van der Waals surface area (Å²) in [5.74, 6) is 2.87. The maximum absolute atomic E-state index is 5.40. The van der Waals surface area contributed by atoms with E-state index in [1.165, 1.54) is 77.0 Å². The van der Waals surface area contributed by atoms with Gasteiger partial charge in [-0.05, 0) is 56.3 Å². The molecule has 3 aliphatic rings. The fraction of sp³-hybridized carbons (Fsp3) is 1.00. The first-order valence-electron chi connectivity index (χ1n) is 8.04. The molecular formula is C16H28S. The van der Waals surface area contributed by atoms with Crippen molar-refractivity contribution in [1.29, 1.82) is 0 Å². The Morgan fingerprint density at radius 2 is 0.765 bits per heavy atom. The zero-order valence-corrected chi connectivity index (χ0v) is 12.1. The Kier molecular flexibility index (Phi) is 3.75. The van der Waals surface area contributed by atoms with Crippen LogP contribution in [0.1, 0.15) is 77.0 Å². The Bertz CT molecular complexity index is 201. The fourth-order valence-corrected chi connectivity index (χ4v) is 5.94. The number of hydrogen-bond donors (Lipinski definition) is 1. The van der Waals surface area contributed by atoms with E-state index in [1.807, 2.05) is 0 Å². The van der Waals surface area contributed by atoms with Crippen LogP contribution < -0.4 is 0 Å². The molecule has 0 spiro atoms. The summed E-state index contributed by atoms with van der Waals surface area (Å²) in [6, 6.07) is 0. The summed E-state index contributed by atoms with van der Waals surface area (Å²) in [4.78, 5) is 0. The van der Waals surface area contributed by atoms with Crippen molar-refractivity contribution >= 4 is 12.6 Å². The minimum Gasteiger partial charge on any atom is -0.172 e. The second-order valence-electron chi connectivity index (χ2n) is 6.83. The molecule has 3 saturated carbocycles. The van der Waals surface area contributed by atoms with Gasteiger partial charge in [-0.1, -0.05) is 38.5 Å². The molecule has 3 rings (SSSR count). The lowest BCUT2D eigenvalue weighted by Crippen LogP contribution is -2.44. The second-order valence-corrected chi connectivity index (χ2v) is 7.61. The summed E-state index contributed by atoms with van der Waals surface area (Å²) in [5.41, 5.74) is 0. The van der Waals surface area contributed by atoms with Gasteiger partial charge >= 0.3 is 0 Å². The molecule has 0 N–H and O–H groups in total. The maximum Gasteiger partial charge on any atom is 0.0214 e. The predicted octanol–water partition coefficient (Wildman–Crippen LogP) is 5.23. The van der Waals surface area contributed by atoms with Gasteiger partial charge in [0.2, 0.25) is 0 Å². The molecule has 0 unspecified atom stereocenters. The molecule has 0 nitrogen and oxygen atoms in total. The second kappa shape index (κ2) is 5.15. The van der Waals surface area contributed by atoms with Crippen LogP contribution in [0.25, 0.3) is 0 Å². The van der Waals surface area contributed by atoms with Crippen molar-refractivity contribution in [3.8, 4) is 0 Å². The molecule has 0 aliphatic heterocycles. The molecule has 0 saturated heterocycles. The van der Waals surface area contributed by atoms with Crippen molar-refractivity contribution in [1.82, 2.24) is 0 Å². The quantitative estimate of drug-likeness (QED) is 0.654. The van der Waals surface area contributed by atoms with Crippen molar-refractivity contribution in [3.63, 3.8) is 0 Å². The molecule has 0 atom stereocenters. The zero-order valence-electron chi connectivity index (χ0n) is 11.2. The van der Waals surface area contributed by atoms with Crippen LogP contribution in [0.4, 0.5) is 0 Å². The Morgan fingerprint density at radius 1 is 0.529 bits per heavy atom. The Labute approximate surface area is 112 Å². The monoisotopic (exact) mass is 252 g/mol. The first kappa shape index (κ1) is 12.4. The molecule has 3 aliphatic carbocycles. The van der Waals surface area contributed by atoms with Crippen molar-refractivity contribution in [2.75, 3.05) is 0 Å². The number of thiol groups is 1. The van der Waals surface area contributed by atoms with Crippen molar-refractivity contribution < 1.29 is 0 Å². The summed E-state index contributed by atoms with van der Waals surface area (Å²) >= 11 is 5.40.